The zero-order valence-electron chi connectivity index (χ0n) is 15.6. The van der Waals surface area contributed by atoms with Crippen molar-refractivity contribution in [3.05, 3.63) is 77.5 Å². The summed E-state index contributed by atoms with van der Waals surface area (Å²) in [6, 6.07) is 17.7. The van der Waals surface area contributed by atoms with Gasteiger partial charge in [0.2, 0.25) is 0 Å². The normalized spacial score (nSPS) is 10.2. The summed E-state index contributed by atoms with van der Waals surface area (Å²) in [7, 11) is 1.30. The van der Waals surface area contributed by atoms with Crippen molar-refractivity contribution >= 4 is 29.1 Å². The Morgan fingerprint density at radius 2 is 1.82 bits per heavy atom. The molecule has 2 aromatic carbocycles. The number of benzene rings is 2. The molecule has 1 amide bonds. The van der Waals surface area contributed by atoms with E-state index in [0.29, 0.717) is 17.1 Å². The van der Waals surface area contributed by atoms with E-state index < -0.39 is 11.9 Å². The highest BCUT2D eigenvalue weighted by Gasteiger charge is 2.11. The van der Waals surface area contributed by atoms with Crippen LogP contribution in [0.5, 0.6) is 0 Å². The fraction of sp³-hybridized carbons (Fsp3) is 0.143. The molecular formula is C21H20N4O3. The van der Waals surface area contributed by atoms with Gasteiger partial charge in [0.05, 0.1) is 12.7 Å². The van der Waals surface area contributed by atoms with E-state index in [2.05, 4.69) is 32.5 Å². The second-order valence-electron chi connectivity index (χ2n) is 5.97. The van der Waals surface area contributed by atoms with E-state index in [0.717, 1.165) is 17.7 Å². The monoisotopic (exact) mass is 376 g/mol. The Hall–Kier alpha value is -3.74. The lowest BCUT2D eigenvalue weighted by Gasteiger charge is -2.10. The van der Waals surface area contributed by atoms with Crippen molar-refractivity contribution in [1.29, 1.82) is 0 Å². The summed E-state index contributed by atoms with van der Waals surface area (Å²) >= 11 is 0. The maximum atomic E-state index is 12.4. The first-order chi connectivity index (χ1) is 13.6. The molecule has 0 radical (unpaired) electrons. The van der Waals surface area contributed by atoms with E-state index in [1.54, 1.807) is 30.3 Å². The van der Waals surface area contributed by atoms with Crippen molar-refractivity contribution in [3.8, 4) is 0 Å². The van der Waals surface area contributed by atoms with Crippen molar-refractivity contribution in [3.63, 3.8) is 0 Å². The third-order valence-electron chi connectivity index (χ3n) is 4.10. The van der Waals surface area contributed by atoms with Gasteiger partial charge in [0.25, 0.3) is 5.91 Å². The van der Waals surface area contributed by atoms with Crippen LogP contribution >= 0.6 is 0 Å². The van der Waals surface area contributed by atoms with Crippen molar-refractivity contribution in [2.24, 2.45) is 0 Å². The highest BCUT2D eigenvalue weighted by Crippen LogP contribution is 2.20. The number of aryl methyl sites for hydroxylation is 1. The molecule has 0 saturated carbocycles. The van der Waals surface area contributed by atoms with Crippen LogP contribution in [0.15, 0.2) is 60.7 Å². The summed E-state index contributed by atoms with van der Waals surface area (Å²) < 4.78 is 4.68. The molecule has 7 nitrogen and oxygen atoms in total. The number of rotatable bonds is 6. The molecule has 0 unspecified atom stereocenters. The fourth-order valence-corrected chi connectivity index (χ4v) is 2.65. The molecule has 28 heavy (non-hydrogen) atoms. The van der Waals surface area contributed by atoms with Crippen molar-refractivity contribution < 1.29 is 14.3 Å². The second kappa shape index (κ2) is 8.77. The number of nitrogens with one attached hydrogen (secondary N) is 2. The molecule has 1 heterocycles. The molecule has 0 aliphatic heterocycles. The van der Waals surface area contributed by atoms with Crippen LogP contribution in [-0.2, 0) is 11.2 Å². The average Bonchev–Trinajstić information content (AvgIpc) is 2.74. The number of hydrogen-bond donors (Lipinski definition) is 2. The van der Waals surface area contributed by atoms with Gasteiger partial charge in [-0.3, -0.25) is 4.79 Å². The maximum Gasteiger partial charge on any atom is 0.337 e. The summed E-state index contributed by atoms with van der Waals surface area (Å²) in [5, 5.41) is 14.0. The summed E-state index contributed by atoms with van der Waals surface area (Å²) in [5.74, 6) is -0.348. The lowest BCUT2D eigenvalue weighted by atomic mass is 10.1. The number of nitrogens with zero attached hydrogens (tertiary/aromatic N) is 2. The van der Waals surface area contributed by atoms with E-state index in [-0.39, 0.29) is 5.69 Å². The summed E-state index contributed by atoms with van der Waals surface area (Å²) in [4.78, 5) is 24.0. The van der Waals surface area contributed by atoms with Gasteiger partial charge in [-0.15, -0.1) is 10.2 Å². The molecule has 0 aliphatic rings. The van der Waals surface area contributed by atoms with Crippen LogP contribution in [-0.4, -0.2) is 29.2 Å². The number of amides is 1. The number of anilines is 3. The molecule has 142 valence electrons. The summed E-state index contributed by atoms with van der Waals surface area (Å²) in [6.07, 6.45) is 0.891. The van der Waals surface area contributed by atoms with E-state index in [1.807, 2.05) is 24.3 Å². The minimum Gasteiger partial charge on any atom is -0.465 e. The molecule has 0 atom stereocenters. The van der Waals surface area contributed by atoms with E-state index in [9.17, 15) is 9.59 Å². The number of hydrogen-bond acceptors (Lipinski definition) is 6. The predicted molar refractivity (Wildman–Crippen MR) is 107 cm³/mol. The molecule has 0 saturated heterocycles. The van der Waals surface area contributed by atoms with E-state index in [4.69, 9.17) is 0 Å². The minimum absolute atomic E-state index is 0.165. The van der Waals surface area contributed by atoms with Crippen molar-refractivity contribution in [2.45, 2.75) is 13.3 Å². The van der Waals surface area contributed by atoms with Gasteiger partial charge in [0.1, 0.15) is 0 Å². The summed E-state index contributed by atoms with van der Waals surface area (Å²) in [6.45, 7) is 2.08. The zero-order chi connectivity index (χ0) is 19.9. The number of carbonyl (C=O) groups excluding carboxylic acids is 2. The third kappa shape index (κ3) is 4.50. The van der Waals surface area contributed by atoms with Crippen LogP contribution in [0.2, 0.25) is 0 Å². The van der Waals surface area contributed by atoms with Crippen LogP contribution in [0.1, 0.15) is 33.3 Å². The van der Waals surface area contributed by atoms with Gasteiger partial charge >= 0.3 is 5.97 Å². The lowest BCUT2D eigenvalue weighted by molar-refractivity contribution is 0.0600. The molecule has 3 aromatic rings. The molecule has 0 fully saturated rings. The van der Waals surface area contributed by atoms with Crippen LogP contribution in [0.4, 0.5) is 17.2 Å². The van der Waals surface area contributed by atoms with Gasteiger partial charge in [-0.25, -0.2) is 4.79 Å². The van der Waals surface area contributed by atoms with Crippen molar-refractivity contribution in [2.75, 3.05) is 17.7 Å². The highest BCUT2D eigenvalue weighted by atomic mass is 16.5. The van der Waals surface area contributed by atoms with E-state index >= 15 is 0 Å². The Kier molecular flexibility index (Phi) is 5.96. The molecular weight excluding hydrogens is 356 g/mol. The van der Waals surface area contributed by atoms with Crippen LogP contribution in [0, 0.1) is 0 Å². The second-order valence-corrected chi connectivity index (χ2v) is 5.97. The third-order valence-corrected chi connectivity index (χ3v) is 4.10. The van der Waals surface area contributed by atoms with Crippen LogP contribution < -0.4 is 10.6 Å². The van der Waals surface area contributed by atoms with Gasteiger partial charge < -0.3 is 15.4 Å². The molecule has 0 spiro atoms. The molecule has 0 bridgehead atoms. The number of ether oxygens (including phenoxy) is 1. The van der Waals surface area contributed by atoms with Crippen molar-refractivity contribution in [1.82, 2.24) is 10.2 Å². The Labute approximate surface area is 162 Å². The number of methoxy groups -OCH3 is 1. The van der Waals surface area contributed by atoms with Gasteiger partial charge in [-0.1, -0.05) is 31.2 Å². The molecule has 7 heteroatoms. The molecule has 2 N–H and O–H groups in total. The van der Waals surface area contributed by atoms with Crippen LogP contribution in [0.25, 0.3) is 0 Å². The minimum atomic E-state index is -0.473. The number of carbonyl (C=O) groups is 2. The largest absolute Gasteiger partial charge is 0.465 e. The quantitative estimate of drug-likeness (QED) is 0.635. The lowest BCUT2D eigenvalue weighted by Crippen LogP contribution is -2.15. The molecule has 0 aliphatic carbocycles. The predicted octanol–water partition coefficient (Wildman–Crippen LogP) is 3.82. The Morgan fingerprint density at radius 1 is 1.00 bits per heavy atom. The van der Waals surface area contributed by atoms with Gasteiger partial charge in [-0.2, -0.15) is 0 Å². The van der Waals surface area contributed by atoms with Gasteiger partial charge in [0, 0.05) is 11.4 Å². The summed E-state index contributed by atoms with van der Waals surface area (Å²) in [5.41, 5.74) is 3.10. The molecule has 3 rings (SSSR count). The molecule has 1 aromatic heterocycles. The number of aromatic nitrogens is 2. The van der Waals surface area contributed by atoms with Gasteiger partial charge in [0.15, 0.2) is 11.5 Å². The fourth-order valence-electron chi connectivity index (χ4n) is 2.65. The average molecular weight is 376 g/mol. The number of esters is 1. The van der Waals surface area contributed by atoms with Crippen LogP contribution in [0.3, 0.4) is 0 Å². The Bertz CT molecular complexity index is 987. The first-order valence-electron chi connectivity index (χ1n) is 8.79. The standard InChI is InChI=1S/C21H20N4O3/c1-3-14-7-4-5-10-17(14)23-19-12-11-18(24-25-19)20(26)22-16-9-6-8-15(13-16)21(27)28-2/h4-13H,3H2,1-2H3,(H,22,26)(H,23,25). The SMILES string of the molecule is CCc1ccccc1Nc1ccc(C(=O)Nc2cccc(C(=O)OC)c2)nn1. The smallest absolute Gasteiger partial charge is 0.337 e. The topological polar surface area (TPSA) is 93.2 Å². The first-order valence-corrected chi connectivity index (χ1v) is 8.79. The zero-order valence-corrected chi connectivity index (χ0v) is 15.6. The first kappa shape index (κ1) is 19.0. The Balaban J connectivity index is 1.69. The number of para-hydroxylation sites is 1. The van der Waals surface area contributed by atoms with E-state index in [1.165, 1.54) is 13.2 Å². The Morgan fingerprint density at radius 3 is 2.54 bits per heavy atom. The highest BCUT2D eigenvalue weighted by molar-refractivity contribution is 6.03. The van der Waals surface area contributed by atoms with Gasteiger partial charge in [-0.05, 0) is 48.4 Å². The maximum absolute atomic E-state index is 12.4.